The fourth-order valence-corrected chi connectivity index (χ4v) is 3.74. The van der Waals surface area contributed by atoms with Gasteiger partial charge in [-0.1, -0.05) is 12.1 Å². The summed E-state index contributed by atoms with van der Waals surface area (Å²) < 4.78 is 26.0. The molecule has 2 N–H and O–H groups in total. The van der Waals surface area contributed by atoms with E-state index in [1.165, 1.54) is 4.31 Å². The molecule has 0 bridgehead atoms. The number of nitrogens with two attached hydrogens (primary N) is 1. The highest BCUT2D eigenvalue weighted by atomic mass is 32.2. The fraction of sp³-hybridized carbons (Fsp3) is 0.462. The van der Waals surface area contributed by atoms with Crippen LogP contribution in [0.4, 0.5) is 0 Å². The van der Waals surface area contributed by atoms with E-state index < -0.39 is 10.0 Å². The molecule has 1 fully saturated rings. The van der Waals surface area contributed by atoms with Crippen LogP contribution in [0.1, 0.15) is 24.0 Å². The van der Waals surface area contributed by atoms with E-state index >= 15 is 0 Å². The molecule has 1 aromatic rings. The van der Waals surface area contributed by atoms with Gasteiger partial charge in [0.15, 0.2) is 0 Å². The summed E-state index contributed by atoms with van der Waals surface area (Å²) in [6, 6.07) is 8.83. The fourth-order valence-electron chi connectivity index (χ4n) is 2.19. The molecule has 1 aliphatic rings. The Balaban J connectivity index is 2.10. The van der Waals surface area contributed by atoms with Gasteiger partial charge in [-0.25, -0.2) is 12.7 Å². The molecule has 1 aliphatic heterocycles. The molecule has 1 aromatic carbocycles. The molecule has 6 heteroatoms. The Labute approximate surface area is 113 Å². The van der Waals surface area contributed by atoms with E-state index in [4.69, 9.17) is 11.0 Å². The zero-order valence-electron chi connectivity index (χ0n) is 10.6. The Morgan fingerprint density at radius 1 is 1.37 bits per heavy atom. The van der Waals surface area contributed by atoms with Gasteiger partial charge < -0.3 is 5.73 Å². The Hall–Kier alpha value is -1.42. The van der Waals surface area contributed by atoms with Crippen molar-refractivity contribution >= 4 is 10.0 Å². The maximum absolute atomic E-state index is 12.3. The van der Waals surface area contributed by atoms with Crippen LogP contribution < -0.4 is 5.73 Å². The van der Waals surface area contributed by atoms with Gasteiger partial charge in [0.25, 0.3) is 0 Å². The summed E-state index contributed by atoms with van der Waals surface area (Å²) in [5.74, 6) is -0.0578. The maximum atomic E-state index is 12.3. The lowest BCUT2D eigenvalue weighted by Crippen LogP contribution is -2.43. The molecule has 0 amide bonds. The number of sulfonamides is 1. The van der Waals surface area contributed by atoms with Crippen LogP contribution in [0, 0.1) is 11.3 Å². The summed E-state index contributed by atoms with van der Waals surface area (Å²) in [6.07, 6.45) is 1.41. The monoisotopic (exact) mass is 279 g/mol. The molecule has 0 saturated carbocycles. The number of rotatable bonds is 3. The molecule has 0 radical (unpaired) electrons. The van der Waals surface area contributed by atoms with E-state index in [1.54, 1.807) is 24.3 Å². The molecule has 102 valence electrons. The minimum Gasteiger partial charge on any atom is -0.328 e. The summed E-state index contributed by atoms with van der Waals surface area (Å²) >= 11 is 0. The van der Waals surface area contributed by atoms with Crippen molar-refractivity contribution in [3.8, 4) is 6.07 Å². The average Bonchev–Trinajstić information content (AvgIpc) is 2.39. The zero-order valence-corrected chi connectivity index (χ0v) is 11.4. The van der Waals surface area contributed by atoms with Crippen LogP contribution in [0.25, 0.3) is 0 Å². The lowest BCUT2D eigenvalue weighted by atomic mass is 10.1. The first kappa shape index (κ1) is 14.0. The Morgan fingerprint density at radius 3 is 2.68 bits per heavy atom. The smallest absolute Gasteiger partial charge is 0.218 e. The van der Waals surface area contributed by atoms with E-state index in [2.05, 4.69) is 0 Å². The van der Waals surface area contributed by atoms with Crippen molar-refractivity contribution in [2.45, 2.75) is 24.6 Å². The molecule has 0 unspecified atom stereocenters. The first-order valence-electron chi connectivity index (χ1n) is 6.24. The molecule has 1 heterocycles. The van der Waals surface area contributed by atoms with Crippen LogP contribution in [-0.4, -0.2) is 31.9 Å². The van der Waals surface area contributed by atoms with Gasteiger partial charge in [-0.05, 0) is 30.5 Å². The van der Waals surface area contributed by atoms with Crippen molar-refractivity contribution in [1.82, 2.24) is 4.31 Å². The quantitative estimate of drug-likeness (QED) is 0.887. The summed E-state index contributed by atoms with van der Waals surface area (Å²) in [4.78, 5) is 0. The second-order valence-corrected chi connectivity index (χ2v) is 6.77. The van der Waals surface area contributed by atoms with Crippen molar-refractivity contribution in [1.29, 1.82) is 5.26 Å². The average molecular weight is 279 g/mol. The second-order valence-electron chi connectivity index (χ2n) is 4.80. The van der Waals surface area contributed by atoms with E-state index in [9.17, 15) is 8.42 Å². The molecular formula is C13H17N3O2S. The van der Waals surface area contributed by atoms with Crippen molar-refractivity contribution < 1.29 is 8.42 Å². The van der Waals surface area contributed by atoms with Crippen molar-refractivity contribution in [3.05, 3.63) is 35.4 Å². The molecule has 0 atom stereocenters. The predicted molar refractivity (Wildman–Crippen MR) is 72.6 cm³/mol. The van der Waals surface area contributed by atoms with Crippen molar-refractivity contribution in [2.24, 2.45) is 5.73 Å². The topological polar surface area (TPSA) is 87.2 Å². The van der Waals surface area contributed by atoms with Gasteiger partial charge in [-0.2, -0.15) is 5.26 Å². The summed E-state index contributed by atoms with van der Waals surface area (Å²) in [7, 11) is -3.32. The highest BCUT2D eigenvalue weighted by Crippen LogP contribution is 2.17. The first-order valence-corrected chi connectivity index (χ1v) is 7.84. The largest absolute Gasteiger partial charge is 0.328 e. The van der Waals surface area contributed by atoms with Gasteiger partial charge in [0.05, 0.1) is 17.4 Å². The number of nitriles is 1. The van der Waals surface area contributed by atoms with Crippen LogP contribution in [0.3, 0.4) is 0 Å². The third-order valence-electron chi connectivity index (χ3n) is 3.30. The minimum absolute atomic E-state index is 0.0578. The number of hydrogen-bond donors (Lipinski definition) is 1. The van der Waals surface area contributed by atoms with Gasteiger partial charge in [0.2, 0.25) is 10.0 Å². The maximum Gasteiger partial charge on any atom is 0.218 e. The number of benzene rings is 1. The number of hydrogen-bond acceptors (Lipinski definition) is 4. The standard InChI is InChI=1S/C13H17N3O2S/c14-9-11-2-1-3-12(8-11)10-19(17,18)16-6-4-13(15)5-7-16/h1-3,8,13H,4-7,10,15H2. The summed E-state index contributed by atoms with van der Waals surface area (Å²) in [5, 5.41) is 8.81. The number of nitrogens with zero attached hydrogens (tertiary/aromatic N) is 2. The molecule has 1 saturated heterocycles. The van der Waals surface area contributed by atoms with E-state index in [-0.39, 0.29) is 11.8 Å². The number of piperidine rings is 1. The molecule has 0 spiro atoms. The Bertz CT molecular complexity index is 584. The SMILES string of the molecule is N#Cc1cccc(CS(=O)(=O)N2CCC(N)CC2)c1. The van der Waals surface area contributed by atoms with E-state index in [0.717, 1.165) is 0 Å². The predicted octanol–water partition coefficient (Wildman–Crippen LogP) is 0.811. The van der Waals surface area contributed by atoms with Gasteiger partial charge in [0.1, 0.15) is 0 Å². The first-order chi connectivity index (χ1) is 9.01. The highest BCUT2D eigenvalue weighted by molar-refractivity contribution is 7.88. The zero-order chi connectivity index (χ0) is 13.9. The van der Waals surface area contributed by atoms with Crippen LogP contribution >= 0.6 is 0 Å². The van der Waals surface area contributed by atoms with Crippen LogP contribution in [0.15, 0.2) is 24.3 Å². The van der Waals surface area contributed by atoms with Gasteiger partial charge in [-0.15, -0.1) is 0 Å². The highest BCUT2D eigenvalue weighted by Gasteiger charge is 2.26. The molecule has 19 heavy (non-hydrogen) atoms. The van der Waals surface area contributed by atoms with Gasteiger partial charge >= 0.3 is 0 Å². The third kappa shape index (κ3) is 3.53. The van der Waals surface area contributed by atoms with E-state index in [0.29, 0.717) is 37.1 Å². The molecular weight excluding hydrogens is 262 g/mol. The second kappa shape index (κ2) is 5.70. The molecule has 5 nitrogen and oxygen atoms in total. The van der Waals surface area contributed by atoms with Crippen molar-refractivity contribution in [2.75, 3.05) is 13.1 Å². The lowest BCUT2D eigenvalue weighted by molar-refractivity contribution is 0.319. The van der Waals surface area contributed by atoms with Gasteiger partial charge in [0, 0.05) is 19.1 Å². The van der Waals surface area contributed by atoms with Crippen LogP contribution in [0.5, 0.6) is 0 Å². The van der Waals surface area contributed by atoms with Gasteiger partial charge in [-0.3, -0.25) is 0 Å². The van der Waals surface area contributed by atoms with Crippen LogP contribution in [-0.2, 0) is 15.8 Å². The third-order valence-corrected chi connectivity index (χ3v) is 5.15. The molecule has 0 aliphatic carbocycles. The molecule has 0 aromatic heterocycles. The van der Waals surface area contributed by atoms with E-state index in [1.807, 2.05) is 6.07 Å². The Morgan fingerprint density at radius 2 is 2.05 bits per heavy atom. The summed E-state index contributed by atoms with van der Waals surface area (Å²) in [6.45, 7) is 0.975. The van der Waals surface area contributed by atoms with Crippen LogP contribution in [0.2, 0.25) is 0 Å². The van der Waals surface area contributed by atoms with Crippen molar-refractivity contribution in [3.63, 3.8) is 0 Å². The minimum atomic E-state index is -3.32. The Kier molecular flexibility index (Phi) is 4.20. The molecule has 2 rings (SSSR count). The summed E-state index contributed by atoms with van der Waals surface area (Å²) in [5.41, 5.74) is 6.90. The normalized spacial score (nSPS) is 18.1. The lowest BCUT2D eigenvalue weighted by Gasteiger charge is -2.29.